The lowest BCUT2D eigenvalue weighted by Gasteiger charge is -2.14. The van der Waals surface area contributed by atoms with E-state index >= 15 is 0 Å². The molecule has 1 unspecified atom stereocenters. The molecule has 1 aromatic rings. The maximum absolute atomic E-state index is 5.63. The Bertz CT molecular complexity index is 485. The van der Waals surface area contributed by atoms with Crippen LogP contribution in [0.1, 0.15) is 25.3 Å². The van der Waals surface area contributed by atoms with Gasteiger partial charge >= 0.3 is 0 Å². The van der Waals surface area contributed by atoms with Crippen LogP contribution in [0, 0.1) is 0 Å². The van der Waals surface area contributed by atoms with Crippen LogP contribution >= 0.6 is 0 Å². The van der Waals surface area contributed by atoms with E-state index in [9.17, 15) is 0 Å². The van der Waals surface area contributed by atoms with Crippen LogP contribution in [0.2, 0.25) is 0 Å². The van der Waals surface area contributed by atoms with E-state index in [0.29, 0.717) is 25.9 Å². The minimum absolute atomic E-state index is 0.303. The van der Waals surface area contributed by atoms with Crippen LogP contribution in [0.15, 0.2) is 29.3 Å². The van der Waals surface area contributed by atoms with E-state index < -0.39 is 0 Å². The van der Waals surface area contributed by atoms with Gasteiger partial charge in [-0.1, -0.05) is 12.1 Å². The molecule has 6 nitrogen and oxygen atoms in total. The summed E-state index contributed by atoms with van der Waals surface area (Å²) in [6.45, 7) is 6.36. The first-order valence-electron chi connectivity index (χ1n) is 8.66. The lowest BCUT2D eigenvalue weighted by atomic mass is 10.2. The van der Waals surface area contributed by atoms with Crippen molar-refractivity contribution in [3.63, 3.8) is 0 Å². The number of hydrogen-bond acceptors (Lipinski definition) is 4. The molecule has 0 saturated carbocycles. The van der Waals surface area contributed by atoms with Crippen LogP contribution in [0.25, 0.3) is 0 Å². The Morgan fingerprint density at radius 2 is 2.08 bits per heavy atom. The van der Waals surface area contributed by atoms with Crippen LogP contribution in [0.4, 0.5) is 0 Å². The van der Waals surface area contributed by atoms with Gasteiger partial charge in [-0.3, -0.25) is 0 Å². The monoisotopic (exact) mass is 335 g/mol. The smallest absolute Gasteiger partial charge is 0.191 e. The molecule has 1 aromatic carbocycles. The first kappa shape index (κ1) is 18.5. The van der Waals surface area contributed by atoms with Gasteiger partial charge in [0.1, 0.15) is 12.4 Å². The van der Waals surface area contributed by atoms with Gasteiger partial charge in [-0.15, -0.1) is 0 Å². The van der Waals surface area contributed by atoms with Gasteiger partial charge in [-0.2, -0.15) is 0 Å². The summed E-state index contributed by atoms with van der Waals surface area (Å²) in [5.74, 6) is 1.68. The van der Waals surface area contributed by atoms with Crippen LogP contribution in [-0.2, 0) is 16.0 Å². The molecule has 1 aliphatic rings. The highest BCUT2D eigenvalue weighted by Crippen LogP contribution is 2.13. The maximum Gasteiger partial charge on any atom is 0.191 e. The van der Waals surface area contributed by atoms with Gasteiger partial charge in [-0.25, -0.2) is 4.99 Å². The van der Waals surface area contributed by atoms with Crippen LogP contribution in [0.3, 0.4) is 0 Å². The fraction of sp³-hybridized carbons (Fsp3) is 0.611. The first-order chi connectivity index (χ1) is 11.8. The molecule has 0 aliphatic carbocycles. The van der Waals surface area contributed by atoms with Crippen molar-refractivity contribution < 1.29 is 14.2 Å². The van der Waals surface area contributed by atoms with Crippen molar-refractivity contribution in [2.45, 2.75) is 32.4 Å². The Morgan fingerprint density at radius 3 is 2.75 bits per heavy atom. The topological polar surface area (TPSA) is 64.1 Å². The van der Waals surface area contributed by atoms with Gasteiger partial charge in [-0.05, 0) is 37.5 Å². The third-order valence-corrected chi connectivity index (χ3v) is 3.76. The molecule has 0 bridgehead atoms. The molecule has 2 rings (SSSR count). The SMILES string of the molecule is CCNC(=NCc1ccc(OCCOC)cc1)NCC1CCCO1. The zero-order chi connectivity index (χ0) is 17.0. The summed E-state index contributed by atoms with van der Waals surface area (Å²) in [6.07, 6.45) is 2.58. The summed E-state index contributed by atoms with van der Waals surface area (Å²) in [5.41, 5.74) is 1.14. The van der Waals surface area contributed by atoms with E-state index in [0.717, 1.165) is 49.8 Å². The van der Waals surface area contributed by atoms with Crippen molar-refractivity contribution in [1.29, 1.82) is 0 Å². The average Bonchev–Trinajstić information content (AvgIpc) is 3.12. The Kier molecular flexibility index (Phi) is 8.41. The van der Waals surface area contributed by atoms with Crippen molar-refractivity contribution in [2.24, 2.45) is 4.99 Å². The molecular formula is C18H29N3O3. The molecule has 6 heteroatoms. The van der Waals surface area contributed by atoms with Gasteiger partial charge in [0.25, 0.3) is 0 Å². The fourth-order valence-electron chi connectivity index (χ4n) is 2.46. The van der Waals surface area contributed by atoms with Gasteiger partial charge in [0, 0.05) is 26.8 Å². The van der Waals surface area contributed by atoms with Crippen molar-refractivity contribution in [1.82, 2.24) is 10.6 Å². The van der Waals surface area contributed by atoms with Gasteiger partial charge in [0.15, 0.2) is 5.96 Å². The number of nitrogens with one attached hydrogen (secondary N) is 2. The van der Waals surface area contributed by atoms with E-state index in [1.165, 1.54) is 0 Å². The number of nitrogens with zero attached hydrogens (tertiary/aromatic N) is 1. The molecule has 1 aliphatic heterocycles. The minimum atomic E-state index is 0.303. The molecule has 0 aromatic heterocycles. The largest absolute Gasteiger partial charge is 0.491 e. The first-order valence-corrected chi connectivity index (χ1v) is 8.66. The van der Waals surface area contributed by atoms with Gasteiger partial charge in [0.2, 0.25) is 0 Å². The predicted molar refractivity (Wildman–Crippen MR) is 95.6 cm³/mol. The predicted octanol–water partition coefficient (Wildman–Crippen LogP) is 1.95. The summed E-state index contributed by atoms with van der Waals surface area (Å²) < 4.78 is 16.2. The third kappa shape index (κ3) is 6.76. The van der Waals surface area contributed by atoms with Crippen LogP contribution in [-0.4, -0.2) is 52.1 Å². The van der Waals surface area contributed by atoms with Crippen molar-refractivity contribution in [2.75, 3.05) is 40.0 Å². The minimum Gasteiger partial charge on any atom is -0.491 e. The highest BCUT2D eigenvalue weighted by Gasteiger charge is 2.15. The standard InChI is InChI=1S/C18H29N3O3/c1-3-19-18(21-14-17-5-4-10-23-17)20-13-15-6-8-16(9-7-15)24-12-11-22-2/h6-9,17H,3-5,10-14H2,1-2H3,(H2,19,20,21). The summed E-state index contributed by atoms with van der Waals surface area (Å²) >= 11 is 0. The Labute approximate surface area is 144 Å². The molecule has 2 N–H and O–H groups in total. The zero-order valence-electron chi connectivity index (χ0n) is 14.7. The lowest BCUT2D eigenvalue weighted by molar-refractivity contribution is 0.114. The second-order valence-corrected chi connectivity index (χ2v) is 5.70. The van der Waals surface area contributed by atoms with E-state index in [1.807, 2.05) is 24.3 Å². The summed E-state index contributed by atoms with van der Waals surface area (Å²) in [4.78, 5) is 4.63. The normalized spacial score (nSPS) is 17.8. The average molecular weight is 335 g/mol. The molecular weight excluding hydrogens is 306 g/mol. The molecule has 0 amide bonds. The Hall–Kier alpha value is -1.79. The number of benzene rings is 1. The number of methoxy groups -OCH3 is 1. The van der Waals surface area contributed by atoms with Gasteiger partial charge < -0.3 is 24.8 Å². The van der Waals surface area contributed by atoms with Crippen molar-refractivity contribution >= 4 is 5.96 Å². The zero-order valence-corrected chi connectivity index (χ0v) is 14.7. The molecule has 1 heterocycles. The number of aliphatic imine (C=N–C) groups is 1. The van der Waals surface area contributed by atoms with Crippen molar-refractivity contribution in [3.05, 3.63) is 29.8 Å². The fourth-order valence-corrected chi connectivity index (χ4v) is 2.46. The summed E-state index contributed by atoms with van der Waals surface area (Å²) in [5, 5.41) is 6.62. The Morgan fingerprint density at radius 1 is 1.25 bits per heavy atom. The van der Waals surface area contributed by atoms with E-state index in [-0.39, 0.29) is 0 Å². The highest BCUT2D eigenvalue weighted by molar-refractivity contribution is 5.79. The molecule has 1 atom stereocenters. The summed E-state index contributed by atoms with van der Waals surface area (Å²) in [7, 11) is 1.67. The molecule has 0 radical (unpaired) electrons. The molecule has 0 spiro atoms. The Balaban J connectivity index is 1.80. The summed E-state index contributed by atoms with van der Waals surface area (Å²) in [6, 6.07) is 8.00. The third-order valence-electron chi connectivity index (χ3n) is 3.76. The second-order valence-electron chi connectivity index (χ2n) is 5.70. The second kappa shape index (κ2) is 10.9. The van der Waals surface area contributed by atoms with Crippen LogP contribution in [0.5, 0.6) is 5.75 Å². The molecule has 1 saturated heterocycles. The van der Waals surface area contributed by atoms with E-state index in [4.69, 9.17) is 14.2 Å². The highest BCUT2D eigenvalue weighted by atomic mass is 16.5. The maximum atomic E-state index is 5.63. The van der Waals surface area contributed by atoms with E-state index in [2.05, 4.69) is 22.5 Å². The van der Waals surface area contributed by atoms with Gasteiger partial charge in [0.05, 0.1) is 19.3 Å². The number of ether oxygens (including phenoxy) is 3. The molecule has 134 valence electrons. The number of hydrogen-bond donors (Lipinski definition) is 2. The lowest BCUT2D eigenvalue weighted by Crippen LogP contribution is -2.41. The molecule has 24 heavy (non-hydrogen) atoms. The number of rotatable bonds is 9. The van der Waals surface area contributed by atoms with Crippen molar-refractivity contribution in [3.8, 4) is 5.75 Å². The number of guanidine groups is 1. The van der Waals surface area contributed by atoms with Crippen LogP contribution < -0.4 is 15.4 Å². The van der Waals surface area contributed by atoms with E-state index in [1.54, 1.807) is 7.11 Å². The quantitative estimate of drug-likeness (QED) is 0.410. The molecule has 1 fully saturated rings.